The molecule has 4 rings (SSSR count). The smallest absolute Gasteiger partial charge is 0.226 e. The first kappa shape index (κ1) is 20.4. The van der Waals surface area contributed by atoms with Crippen LogP contribution in [0.4, 0.5) is 5.95 Å². The van der Waals surface area contributed by atoms with Crippen LogP contribution in [0.1, 0.15) is 39.0 Å². The van der Waals surface area contributed by atoms with Gasteiger partial charge in [-0.15, -0.1) is 0 Å². The number of nitrogens with one attached hydrogen (secondary N) is 1. The largest absolute Gasteiger partial charge is 0.479 e. The van der Waals surface area contributed by atoms with Crippen molar-refractivity contribution in [3.05, 3.63) is 30.5 Å². The molecule has 1 atom stereocenters. The van der Waals surface area contributed by atoms with E-state index in [0.717, 1.165) is 36.3 Å². The Bertz CT molecular complexity index is 867. The summed E-state index contributed by atoms with van der Waals surface area (Å²) in [4.78, 5) is 9.29. The zero-order chi connectivity index (χ0) is 20.8. The van der Waals surface area contributed by atoms with Gasteiger partial charge in [-0.2, -0.15) is 10.2 Å². The van der Waals surface area contributed by atoms with Crippen LogP contribution in [0.25, 0.3) is 11.1 Å². The molecule has 0 spiro atoms. The van der Waals surface area contributed by atoms with Crippen LogP contribution >= 0.6 is 0 Å². The van der Waals surface area contributed by atoms with Crippen LogP contribution in [-0.2, 0) is 4.74 Å². The second kappa shape index (κ2) is 9.77. The molecule has 1 N–H and O–H groups in total. The third kappa shape index (κ3) is 5.19. The minimum Gasteiger partial charge on any atom is -0.479 e. The van der Waals surface area contributed by atoms with Gasteiger partial charge < -0.3 is 19.5 Å². The fourth-order valence-corrected chi connectivity index (χ4v) is 3.92. The molecule has 1 saturated carbocycles. The SMILES string of the molecule is CC1CCC(Nc2ncc(-c3ccc(OCC#N)cc3)c(O[C@@H]3CCOC3)n2)CC1. The standard InChI is InChI=1S/C23H28N4O3/c1-16-2-6-18(7-3-16)26-23-25-14-21(22(27-23)30-20-10-12-28-15-20)17-4-8-19(9-5-17)29-13-11-24/h4-5,8-9,14,16,18,20H,2-3,6-7,10,12-13,15H2,1H3,(H,25,26,27)/t16?,18?,20-/m1/s1. The number of hydrogen-bond donors (Lipinski definition) is 1. The lowest BCUT2D eigenvalue weighted by molar-refractivity contribution is 0.138. The van der Waals surface area contributed by atoms with Crippen molar-refractivity contribution in [2.45, 2.75) is 51.2 Å². The van der Waals surface area contributed by atoms with Crippen LogP contribution in [0.15, 0.2) is 30.5 Å². The normalized spacial score (nSPS) is 23.5. The molecule has 0 unspecified atom stereocenters. The minimum atomic E-state index is 0.000246. The van der Waals surface area contributed by atoms with Crippen molar-refractivity contribution >= 4 is 5.95 Å². The summed E-state index contributed by atoms with van der Waals surface area (Å²) >= 11 is 0. The van der Waals surface area contributed by atoms with E-state index in [2.05, 4.69) is 17.2 Å². The highest BCUT2D eigenvalue weighted by molar-refractivity contribution is 5.69. The number of rotatable bonds is 7. The highest BCUT2D eigenvalue weighted by atomic mass is 16.5. The zero-order valence-corrected chi connectivity index (χ0v) is 17.3. The van der Waals surface area contributed by atoms with Gasteiger partial charge in [-0.1, -0.05) is 19.1 Å². The predicted octanol–water partition coefficient (Wildman–Crippen LogP) is 4.20. The van der Waals surface area contributed by atoms with Crippen molar-refractivity contribution in [3.8, 4) is 28.8 Å². The van der Waals surface area contributed by atoms with Gasteiger partial charge >= 0.3 is 0 Å². The highest BCUT2D eigenvalue weighted by Gasteiger charge is 2.23. The molecule has 30 heavy (non-hydrogen) atoms. The third-order valence-electron chi connectivity index (χ3n) is 5.74. The van der Waals surface area contributed by atoms with Gasteiger partial charge in [-0.3, -0.25) is 0 Å². The molecule has 2 aliphatic rings. The van der Waals surface area contributed by atoms with E-state index < -0.39 is 0 Å². The molecule has 158 valence electrons. The van der Waals surface area contributed by atoms with Crippen molar-refractivity contribution in [2.75, 3.05) is 25.1 Å². The summed E-state index contributed by atoms with van der Waals surface area (Å²) in [5.41, 5.74) is 1.77. The van der Waals surface area contributed by atoms with Gasteiger partial charge in [0.2, 0.25) is 11.8 Å². The summed E-state index contributed by atoms with van der Waals surface area (Å²) in [6, 6.07) is 9.92. The first-order valence-corrected chi connectivity index (χ1v) is 10.7. The number of hydrogen-bond acceptors (Lipinski definition) is 7. The Labute approximate surface area is 177 Å². The second-order valence-corrected chi connectivity index (χ2v) is 8.09. The summed E-state index contributed by atoms with van der Waals surface area (Å²) in [6.45, 7) is 3.63. The van der Waals surface area contributed by atoms with Crippen molar-refractivity contribution < 1.29 is 14.2 Å². The fraction of sp³-hybridized carbons (Fsp3) is 0.522. The van der Waals surface area contributed by atoms with E-state index in [0.29, 0.717) is 36.8 Å². The lowest BCUT2D eigenvalue weighted by Crippen LogP contribution is -2.26. The van der Waals surface area contributed by atoms with E-state index in [1.165, 1.54) is 12.8 Å². The first-order valence-electron chi connectivity index (χ1n) is 10.7. The highest BCUT2D eigenvalue weighted by Crippen LogP contribution is 2.32. The molecule has 1 aromatic heterocycles. The number of anilines is 1. The van der Waals surface area contributed by atoms with Gasteiger partial charge in [-0.05, 0) is 49.3 Å². The van der Waals surface area contributed by atoms with E-state index in [9.17, 15) is 0 Å². The lowest BCUT2D eigenvalue weighted by Gasteiger charge is -2.27. The third-order valence-corrected chi connectivity index (χ3v) is 5.74. The molecule has 0 radical (unpaired) electrons. The van der Waals surface area contributed by atoms with Crippen molar-refractivity contribution in [1.29, 1.82) is 5.26 Å². The van der Waals surface area contributed by atoms with E-state index in [4.69, 9.17) is 24.5 Å². The molecule has 1 saturated heterocycles. The average molecular weight is 409 g/mol. The molecule has 2 aromatic rings. The summed E-state index contributed by atoms with van der Waals surface area (Å²) in [5.74, 6) is 2.63. The molecule has 0 bridgehead atoms. The van der Waals surface area contributed by atoms with Crippen LogP contribution < -0.4 is 14.8 Å². The Morgan fingerprint density at radius 1 is 1.17 bits per heavy atom. The molecule has 7 heteroatoms. The van der Waals surface area contributed by atoms with Gasteiger partial charge in [0.15, 0.2) is 6.61 Å². The Hall–Kier alpha value is -2.85. The molecule has 2 fully saturated rings. The predicted molar refractivity (Wildman–Crippen MR) is 113 cm³/mol. The number of ether oxygens (including phenoxy) is 3. The van der Waals surface area contributed by atoms with Crippen molar-refractivity contribution in [1.82, 2.24) is 9.97 Å². The summed E-state index contributed by atoms with van der Waals surface area (Å²) in [5, 5.41) is 12.2. The number of nitriles is 1. The maximum absolute atomic E-state index is 8.66. The number of nitrogens with zero attached hydrogens (tertiary/aromatic N) is 3. The first-order chi connectivity index (χ1) is 14.7. The van der Waals surface area contributed by atoms with E-state index >= 15 is 0 Å². The average Bonchev–Trinajstić information content (AvgIpc) is 3.28. The van der Waals surface area contributed by atoms with Crippen LogP contribution in [-0.4, -0.2) is 41.9 Å². The molecule has 0 amide bonds. The molecule has 1 aliphatic carbocycles. The Morgan fingerprint density at radius 3 is 2.67 bits per heavy atom. The summed E-state index contributed by atoms with van der Waals surface area (Å²) in [7, 11) is 0. The molecule has 1 aromatic carbocycles. The molecule has 7 nitrogen and oxygen atoms in total. The monoisotopic (exact) mass is 408 g/mol. The van der Waals surface area contributed by atoms with Gasteiger partial charge in [0, 0.05) is 18.7 Å². The fourth-order valence-electron chi connectivity index (χ4n) is 3.92. The van der Waals surface area contributed by atoms with Crippen LogP contribution in [0, 0.1) is 17.2 Å². The van der Waals surface area contributed by atoms with Gasteiger partial charge in [0.05, 0.1) is 18.8 Å². The van der Waals surface area contributed by atoms with Crippen molar-refractivity contribution in [3.63, 3.8) is 0 Å². The quantitative estimate of drug-likeness (QED) is 0.734. The van der Waals surface area contributed by atoms with E-state index in [-0.39, 0.29) is 12.7 Å². The molecule has 1 aliphatic heterocycles. The van der Waals surface area contributed by atoms with E-state index in [1.54, 1.807) is 0 Å². The Balaban J connectivity index is 1.54. The van der Waals surface area contributed by atoms with E-state index in [1.807, 2.05) is 36.5 Å². The minimum absolute atomic E-state index is 0.000246. The summed E-state index contributed by atoms with van der Waals surface area (Å²) < 4.78 is 17.0. The number of aromatic nitrogens is 2. The topological polar surface area (TPSA) is 89.3 Å². The molecular weight excluding hydrogens is 380 g/mol. The Kier molecular flexibility index (Phi) is 6.65. The maximum atomic E-state index is 8.66. The number of benzene rings is 1. The second-order valence-electron chi connectivity index (χ2n) is 8.09. The van der Waals surface area contributed by atoms with Gasteiger partial charge in [0.25, 0.3) is 0 Å². The maximum Gasteiger partial charge on any atom is 0.226 e. The molecule has 2 heterocycles. The van der Waals surface area contributed by atoms with Gasteiger partial charge in [0.1, 0.15) is 17.9 Å². The van der Waals surface area contributed by atoms with Crippen molar-refractivity contribution in [2.24, 2.45) is 5.92 Å². The lowest BCUT2D eigenvalue weighted by atomic mass is 9.87. The van der Waals surface area contributed by atoms with Gasteiger partial charge in [-0.25, -0.2) is 4.98 Å². The Morgan fingerprint density at radius 2 is 1.97 bits per heavy atom. The van der Waals surface area contributed by atoms with Crippen LogP contribution in [0.3, 0.4) is 0 Å². The van der Waals surface area contributed by atoms with Crippen LogP contribution in [0.5, 0.6) is 11.6 Å². The van der Waals surface area contributed by atoms with Crippen LogP contribution in [0.2, 0.25) is 0 Å². The molecular formula is C23H28N4O3. The summed E-state index contributed by atoms with van der Waals surface area (Å²) in [6.07, 6.45) is 7.43. The zero-order valence-electron chi connectivity index (χ0n) is 17.3.